The van der Waals surface area contributed by atoms with Crippen LogP contribution in [-0.4, -0.2) is 17.0 Å². The minimum Gasteiger partial charge on any atom is -0.384 e. The Labute approximate surface area is 113 Å². The van der Waals surface area contributed by atoms with E-state index in [4.69, 9.17) is 5.73 Å². The van der Waals surface area contributed by atoms with Crippen molar-refractivity contribution >= 4 is 17.3 Å². The zero-order valence-electron chi connectivity index (χ0n) is 11.3. The van der Waals surface area contributed by atoms with Crippen molar-refractivity contribution in [3.8, 4) is 0 Å². The fraction of sp³-hybridized carbons (Fsp3) is 0.333. The molecule has 0 bridgehead atoms. The standard InChI is InChI=1S/C15H18N4/c1-10-3-7-12(8-4-10)19(2)14-9-13(16)17-15(18-14)11-5-6-11/h3-4,7-9,11H,5-6H2,1-2H3,(H2,16,17,18). The second-order valence-corrected chi connectivity index (χ2v) is 5.18. The third kappa shape index (κ3) is 2.52. The fourth-order valence-electron chi connectivity index (χ4n) is 2.07. The summed E-state index contributed by atoms with van der Waals surface area (Å²) in [6, 6.07) is 10.2. The van der Waals surface area contributed by atoms with E-state index in [-0.39, 0.29) is 0 Å². The van der Waals surface area contributed by atoms with E-state index in [1.807, 2.05) is 18.0 Å². The van der Waals surface area contributed by atoms with E-state index in [0.29, 0.717) is 11.7 Å². The van der Waals surface area contributed by atoms with E-state index in [2.05, 4.69) is 41.2 Å². The number of anilines is 3. The van der Waals surface area contributed by atoms with Crippen LogP contribution in [0.1, 0.15) is 30.1 Å². The molecule has 98 valence electrons. The summed E-state index contributed by atoms with van der Waals surface area (Å²) in [5.74, 6) is 2.80. The van der Waals surface area contributed by atoms with E-state index < -0.39 is 0 Å². The van der Waals surface area contributed by atoms with Crippen molar-refractivity contribution in [3.05, 3.63) is 41.7 Å². The molecule has 0 amide bonds. The Balaban J connectivity index is 1.94. The number of aryl methyl sites for hydroxylation is 1. The SMILES string of the molecule is Cc1ccc(N(C)c2cc(N)nc(C3CC3)n2)cc1. The Bertz CT molecular complexity index is 588. The third-order valence-electron chi connectivity index (χ3n) is 3.46. The lowest BCUT2D eigenvalue weighted by Gasteiger charge is -2.19. The van der Waals surface area contributed by atoms with Crippen molar-refractivity contribution < 1.29 is 0 Å². The molecule has 0 unspecified atom stereocenters. The summed E-state index contributed by atoms with van der Waals surface area (Å²) in [7, 11) is 2.00. The molecule has 1 saturated carbocycles. The Morgan fingerprint density at radius 2 is 1.84 bits per heavy atom. The number of nitrogen functional groups attached to an aromatic ring is 1. The summed E-state index contributed by atoms with van der Waals surface area (Å²) in [5, 5.41) is 0. The van der Waals surface area contributed by atoms with Gasteiger partial charge in [-0.05, 0) is 31.9 Å². The fourth-order valence-corrected chi connectivity index (χ4v) is 2.07. The van der Waals surface area contributed by atoms with Crippen LogP contribution in [0.2, 0.25) is 0 Å². The molecule has 4 nitrogen and oxygen atoms in total. The largest absolute Gasteiger partial charge is 0.384 e. The van der Waals surface area contributed by atoms with E-state index >= 15 is 0 Å². The lowest BCUT2D eigenvalue weighted by Crippen LogP contribution is -2.13. The van der Waals surface area contributed by atoms with Gasteiger partial charge in [0.15, 0.2) is 0 Å². The average molecular weight is 254 g/mol. The number of nitrogens with zero attached hydrogens (tertiary/aromatic N) is 3. The smallest absolute Gasteiger partial charge is 0.138 e. The molecule has 0 spiro atoms. The number of benzene rings is 1. The van der Waals surface area contributed by atoms with Crippen molar-refractivity contribution in [2.75, 3.05) is 17.7 Å². The van der Waals surface area contributed by atoms with Gasteiger partial charge in [-0.2, -0.15) is 0 Å². The summed E-state index contributed by atoms with van der Waals surface area (Å²) < 4.78 is 0. The van der Waals surface area contributed by atoms with Crippen molar-refractivity contribution in [1.29, 1.82) is 0 Å². The van der Waals surface area contributed by atoms with Crippen molar-refractivity contribution in [3.63, 3.8) is 0 Å². The first-order valence-corrected chi connectivity index (χ1v) is 6.58. The summed E-state index contributed by atoms with van der Waals surface area (Å²) >= 11 is 0. The van der Waals surface area contributed by atoms with Crippen molar-refractivity contribution in [2.24, 2.45) is 0 Å². The molecule has 3 rings (SSSR count). The van der Waals surface area contributed by atoms with Crippen LogP contribution in [0.4, 0.5) is 17.3 Å². The third-order valence-corrected chi connectivity index (χ3v) is 3.46. The number of rotatable bonds is 3. The van der Waals surface area contributed by atoms with Gasteiger partial charge in [0, 0.05) is 24.7 Å². The van der Waals surface area contributed by atoms with E-state index in [1.165, 1.54) is 18.4 Å². The molecule has 4 heteroatoms. The molecule has 1 aliphatic rings. The molecule has 0 aliphatic heterocycles. The van der Waals surface area contributed by atoms with Gasteiger partial charge in [0.1, 0.15) is 17.5 Å². The summed E-state index contributed by atoms with van der Waals surface area (Å²) in [5.41, 5.74) is 8.24. The maximum atomic E-state index is 5.89. The zero-order chi connectivity index (χ0) is 13.4. The monoisotopic (exact) mass is 254 g/mol. The minimum absolute atomic E-state index is 0.508. The summed E-state index contributed by atoms with van der Waals surface area (Å²) in [4.78, 5) is 11.0. The molecule has 1 fully saturated rings. The predicted molar refractivity (Wildman–Crippen MR) is 77.7 cm³/mol. The highest BCUT2D eigenvalue weighted by Crippen LogP contribution is 2.39. The highest BCUT2D eigenvalue weighted by molar-refractivity contribution is 5.61. The van der Waals surface area contributed by atoms with Crippen LogP contribution >= 0.6 is 0 Å². The number of hydrogen-bond acceptors (Lipinski definition) is 4. The van der Waals surface area contributed by atoms with Crippen LogP contribution in [0.5, 0.6) is 0 Å². The second-order valence-electron chi connectivity index (χ2n) is 5.18. The Morgan fingerprint density at radius 3 is 2.47 bits per heavy atom. The van der Waals surface area contributed by atoms with E-state index in [0.717, 1.165) is 17.3 Å². The Hall–Kier alpha value is -2.10. The lowest BCUT2D eigenvalue weighted by atomic mass is 10.2. The van der Waals surface area contributed by atoms with E-state index in [1.54, 1.807) is 0 Å². The van der Waals surface area contributed by atoms with Gasteiger partial charge in [-0.25, -0.2) is 9.97 Å². The molecule has 0 radical (unpaired) electrons. The molecule has 1 aromatic heterocycles. The number of hydrogen-bond donors (Lipinski definition) is 1. The van der Waals surface area contributed by atoms with Gasteiger partial charge in [-0.3, -0.25) is 0 Å². The minimum atomic E-state index is 0.508. The van der Waals surface area contributed by atoms with Gasteiger partial charge in [0.2, 0.25) is 0 Å². The van der Waals surface area contributed by atoms with Gasteiger partial charge in [0.25, 0.3) is 0 Å². The van der Waals surface area contributed by atoms with Crippen LogP contribution in [0.3, 0.4) is 0 Å². The highest BCUT2D eigenvalue weighted by atomic mass is 15.2. The zero-order valence-corrected chi connectivity index (χ0v) is 11.3. The molecule has 0 saturated heterocycles. The van der Waals surface area contributed by atoms with Gasteiger partial charge in [0.05, 0.1) is 0 Å². The van der Waals surface area contributed by atoms with E-state index in [9.17, 15) is 0 Å². The van der Waals surface area contributed by atoms with Gasteiger partial charge < -0.3 is 10.6 Å². The highest BCUT2D eigenvalue weighted by Gasteiger charge is 2.27. The van der Waals surface area contributed by atoms with Crippen LogP contribution in [0, 0.1) is 6.92 Å². The molecule has 1 aromatic carbocycles. The first kappa shape index (κ1) is 12.0. The molecular formula is C15H18N4. The predicted octanol–water partition coefficient (Wildman–Crippen LogP) is 3.01. The quantitative estimate of drug-likeness (QED) is 0.914. The number of nitrogens with two attached hydrogens (primary N) is 1. The van der Waals surface area contributed by atoms with Crippen molar-refractivity contribution in [2.45, 2.75) is 25.7 Å². The van der Waals surface area contributed by atoms with Crippen LogP contribution in [0.25, 0.3) is 0 Å². The van der Waals surface area contributed by atoms with Gasteiger partial charge in [-0.1, -0.05) is 17.7 Å². The molecule has 2 N–H and O–H groups in total. The maximum absolute atomic E-state index is 5.89. The lowest BCUT2D eigenvalue weighted by molar-refractivity contribution is 0.919. The molecule has 1 heterocycles. The van der Waals surface area contributed by atoms with Gasteiger partial charge >= 0.3 is 0 Å². The van der Waals surface area contributed by atoms with Crippen LogP contribution in [-0.2, 0) is 0 Å². The average Bonchev–Trinajstić information content (AvgIpc) is 3.22. The van der Waals surface area contributed by atoms with Crippen LogP contribution < -0.4 is 10.6 Å². The summed E-state index contributed by atoms with van der Waals surface area (Å²) in [6.07, 6.45) is 2.36. The molecule has 1 aliphatic carbocycles. The molecular weight excluding hydrogens is 236 g/mol. The first-order valence-electron chi connectivity index (χ1n) is 6.58. The topological polar surface area (TPSA) is 55.0 Å². The molecule has 0 atom stereocenters. The maximum Gasteiger partial charge on any atom is 0.138 e. The van der Waals surface area contributed by atoms with Crippen LogP contribution in [0.15, 0.2) is 30.3 Å². The summed E-state index contributed by atoms with van der Waals surface area (Å²) in [6.45, 7) is 2.08. The Kier molecular flexibility index (Phi) is 2.85. The van der Waals surface area contributed by atoms with Gasteiger partial charge in [-0.15, -0.1) is 0 Å². The normalized spacial score (nSPS) is 14.4. The second kappa shape index (κ2) is 4.53. The molecule has 2 aromatic rings. The first-order chi connectivity index (χ1) is 9.13. The number of aromatic nitrogens is 2. The Morgan fingerprint density at radius 1 is 1.16 bits per heavy atom. The molecule has 19 heavy (non-hydrogen) atoms. The van der Waals surface area contributed by atoms with Crippen molar-refractivity contribution in [1.82, 2.24) is 9.97 Å².